The summed E-state index contributed by atoms with van der Waals surface area (Å²) in [4.78, 5) is 4.16. The summed E-state index contributed by atoms with van der Waals surface area (Å²) in [5, 5.41) is 1.27. The molecule has 2 N–H and O–H groups in total. The third-order valence-corrected chi connectivity index (χ3v) is 3.34. The van der Waals surface area contributed by atoms with Gasteiger partial charge in [0, 0.05) is 30.7 Å². The fraction of sp³-hybridized carbons (Fsp3) is 0.188. The third-order valence-electron chi connectivity index (χ3n) is 3.34. The summed E-state index contributed by atoms with van der Waals surface area (Å²) in [6, 6.07) is 12.8. The van der Waals surface area contributed by atoms with Crippen LogP contribution in [0.3, 0.4) is 0 Å². The van der Waals surface area contributed by atoms with Crippen LogP contribution in [0.1, 0.15) is 11.1 Å². The molecule has 3 nitrogen and oxygen atoms in total. The van der Waals surface area contributed by atoms with Crippen LogP contribution in [-0.2, 0) is 13.0 Å². The molecule has 3 rings (SSSR count). The summed E-state index contributed by atoms with van der Waals surface area (Å²) in [6.07, 6.45) is 6.78. The molecule has 2 heterocycles. The Balaban J connectivity index is 1.93. The number of nitrogens with zero attached hydrogens (tertiary/aromatic N) is 2. The number of rotatable bonds is 4. The zero-order valence-electron chi connectivity index (χ0n) is 10.8. The van der Waals surface area contributed by atoms with E-state index in [1.165, 1.54) is 22.0 Å². The molecule has 0 atom stereocenters. The van der Waals surface area contributed by atoms with Gasteiger partial charge in [0.1, 0.15) is 0 Å². The Bertz CT molecular complexity index is 671. The Morgan fingerprint density at radius 3 is 2.84 bits per heavy atom. The summed E-state index contributed by atoms with van der Waals surface area (Å²) < 4.78 is 2.25. The highest BCUT2D eigenvalue weighted by atomic mass is 15.0. The van der Waals surface area contributed by atoms with Crippen LogP contribution in [0.4, 0.5) is 0 Å². The fourth-order valence-electron chi connectivity index (χ4n) is 2.40. The first-order valence-corrected chi connectivity index (χ1v) is 6.53. The molecule has 1 aromatic carbocycles. The molecule has 0 fully saturated rings. The Labute approximate surface area is 112 Å². The van der Waals surface area contributed by atoms with Crippen LogP contribution in [0.15, 0.2) is 55.0 Å². The second-order valence-electron chi connectivity index (χ2n) is 4.74. The Morgan fingerprint density at radius 2 is 2.05 bits per heavy atom. The van der Waals surface area contributed by atoms with Crippen molar-refractivity contribution < 1.29 is 0 Å². The molecule has 0 spiro atoms. The number of nitrogens with two attached hydrogens (primary N) is 1. The maximum absolute atomic E-state index is 5.60. The number of aromatic nitrogens is 2. The normalized spacial score (nSPS) is 11.0. The van der Waals surface area contributed by atoms with Gasteiger partial charge in [-0.15, -0.1) is 0 Å². The first-order valence-electron chi connectivity index (χ1n) is 6.53. The van der Waals surface area contributed by atoms with E-state index in [1.807, 2.05) is 12.3 Å². The van der Waals surface area contributed by atoms with Crippen LogP contribution in [0, 0.1) is 0 Å². The highest BCUT2D eigenvalue weighted by Gasteiger charge is 2.03. The number of benzene rings is 1. The molecular weight excluding hydrogens is 234 g/mol. The maximum atomic E-state index is 5.60. The van der Waals surface area contributed by atoms with Gasteiger partial charge < -0.3 is 10.3 Å². The van der Waals surface area contributed by atoms with Gasteiger partial charge in [0.15, 0.2) is 0 Å². The molecule has 19 heavy (non-hydrogen) atoms. The van der Waals surface area contributed by atoms with E-state index >= 15 is 0 Å². The van der Waals surface area contributed by atoms with Crippen molar-refractivity contribution in [2.75, 3.05) is 6.54 Å². The summed E-state index contributed by atoms with van der Waals surface area (Å²) in [5.74, 6) is 0. The van der Waals surface area contributed by atoms with Gasteiger partial charge in [-0.05, 0) is 53.7 Å². The molecule has 0 saturated carbocycles. The Morgan fingerprint density at radius 1 is 1.11 bits per heavy atom. The second kappa shape index (κ2) is 5.24. The van der Waals surface area contributed by atoms with Gasteiger partial charge in [-0.25, -0.2) is 0 Å². The standard InChI is InChI=1S/C16H17N3/c17-7-5-13-3-4-16-15(10-13)6-9-19(16)12-14-2-1-8-18-11-14/h1-4,6,8-11H,5,7,12,17H2. The van der Waals surface area contributed by atoms with E-state index in [4.69, 9.17) is 5.73 Å². The van der Waals surface area contributed by atoms with E-state index in [9.17, 15) is 0 Å². The number of fused-ring (bicyclic) bond motifs is 1. The lowest BCUT2D eigenvalue weighted by atomic mass is 10.1. The second-order valence-corrected chi connectivity index (χ2v) is 4.74. The largest absolute Gasteiger partial charge is 0.343 e. The van der Waals surface area contributed by atoms with Gasteiger partial charge in [0.25, 0.3) is 0 Å². The number of hydrogen-bond acceptors (Lipinski definition) is 2. The zero-order chi connectivity index (χ0) is 13.1. The Kier molecular flexibility index (Phi) is 3.29. The molecule has 0 aliphatic heterocycles. The van der Waals surface area contributed by atoms with Crippen LogP contribution < -0.4 is 5.73 Å². The predicted octanol–water partition coefficient (Wildman–Crippen LogP) is 2.59. The van der Waals surface area contributed by atoms with Crippen molar-refractivity contribution in [1.29, 1.82) is 0 Å². The minimum absolute atomic E-state index is 0.696. The molecule has 96 valence electrons. The fourth-order valence-corrected chi connectivity index (χ4v) is 2.40. The van der Waals surface area contributed by atoms with Gasteiger partial charge in [0.05, 0.1) is 0 Å². The topological polar surface area (TPSA) is 43.8 Å². The lowest BCUT2D eigenvalue weighted by Crippen LogP contribution is -2.02. The first kappa shape index (κ1) is 11.9. The SMILES string of the molecule is NCCc1ccc2c(ccn2Cc2cccnc2)c1. The molecule has 0 bridgehead atoms. The van der Waals surface area contributed by atoms with Crippen molar-refractivity contribution in [3.63, 3.8) is 0 Å². The van der Waals surface area contributed by atoms with Crippen molar-refractivity contribution in [1.82, 2.24) is 9.55 Å². The number of pyridine rings is 1. The van der Waals surface area contributed by atoms with E-state index in [0.717, 1.165) is 13.0 Å². The number of hydrogen-bond donors (Lipinski definition) is 1. The van der Waals surface area contributed by atoms with Gasteiger partial charge in [-0.1, -0.05) is 12.1 Å². The van der Waals surface area contributed by atoms with Crippen LogP contribution in [-0.4, -0.2) is 16.1 Å². The van der Waals surface area contributed by atoms with Gasteiger partial charge in [-0.3, -0.25) is 4.98 Å². The minimum atomic E-state index is 0.696. The zero-order valence-corrected chi connectivity index (χ0v) is 10.8. The summed E-state index contributed by atoms with van der Waals surface area (Å²) in [5.41, 5.74) is 9.37. The molecule has 0 saturated heterocycles. The Hall–Kier alpha value is -2.13. The van der Waals surface area contributed by atoms with Crippen molar-refractivity contribution >= 4 is 10.9 Å². The van der Waals surface area contributed by atoms with Crippen molar-refractivity contribution in [3.8, 4) is 0 Å². The maximum Gasteiger partial charge on any atom is 0.0491 e. The van der Waals surface area contributed by atoms with E-state index in [1.54, 1.807) is 6.20 Å². The molecule has 0 amide bonds. The molecule has 0 aliphatic carbocycles. The summed E-state index contributed by atoms with van der Waals surface area (Å²) in [7, 11) is 0. The van der Waals surface area contributed by atoms with Crippen molar-refractivity contribution in [2.45, 2.75) is 13.0 Å². The van der Waals surface area contributed by atoms with E-state index in [2.05, 4.69) is 46.1 Å². The average Bonchev–Trinajstić information content (AvgIpc) is 2.83. The van der Waals surface area contributed by atoms with E-state index < -0.39 is 0 Å². The van der Waals surface area contributed by atoms with Crippen LogP contribution >= 0.6 is 0 Å². The molecule has 3 aromatic rings. The van der Waals surface area contributed by atoms with Crippen molar-refractivity contribution in [2.24, 2.45) is 5.73 Å². The quantitative estimate of drug-likeness (QED) is 0.774. The monoisotopic (exact) mass is 251 g/mol. The highest BCUT2D eigenvalue weighted by molar-refractivity contribution is 5.81. The minimum Gasteiger partial charge on any atom is -0.343 e. The van der Waals surface area contributed by atoms with Crippen molar-refractivity contribution in [3.05, 3.63) is 66.1 Å². The predicted molar refractivity (Wildman–Crippen MR) is 78.0 cm³/mol. The highest BCUT2D eigenvalue weighted by Crippen LogP contribution is 2.19. The molecule has 0 aliphatic rings. The third kappa shape index (κ3) is 2.51. The molecule has 0 radical (unpaired) electrons. The lowest BCUT2D eigenvalue weighted by molar-refractivity contribution is 0.831. The molecule has 0 unspecified atom stereocenters. The summed E-state index contributed by atoms with van der Waals surface area (Å²) >= 11 is 0. The summed E-state index contributed by atoms with van der Waals surface area (Å²) in [6.45, 7) is 1.55. The van der Waals surface area contributed by atoms with Gasteiger partial charge >= 0.3 is 0 Å². The van der Waals surface area contributed by atoms with Gasteiger partial charge in [0.2, 0.25) is 0 Å². The van der Waals surface area contributed by atoms with Gasteiger partial charge in [-0.2, -0.15) is 0 Å². The van der Waals surface area contributed by atoms with Crippen LogP contribution in [0.25, 0.3) is 10.9 Å². The van der Waals surface area contributed by atoms with Crippen LogP contribution in [0.5, 0.6) is 0 Å². The van der Waals surface area contributed by atoms with E-state index in [0.29, 0.717) is 6.54 Å². The molecular formula is C16H17N3. The lowest BCUT2D eigenvalue weighted by Gasteiger charge is -2.06. The van der Waals surface area contributed by atoms with E-state index in [-0.39, 0.29) is 0 Å². The average molecular weight is 251 g/mol. The molecule has 2 aromatic heterocycles. The van der Waals surface area contributed by atoms with Crippen LogP contribution in [0.2, 0.25) is 0 Å². The first-order chi connectivity index (χ1) is 9.36. The smallest absolute Gasteiger partial charge is 0.0491 e. The molecule has 3 heteroatoms.